The van der Waals surface area contributed by atoms with Crippen LogP contribution >= 0.6 is 0 Å². The van der Waals surface area contributed by atoms with Gasteiger partial charge < -0.3 is 10.2 Å². The molecule has 1 aliphatic rings. The summed E-state index contributed by atoms with van der Waals surface area (Å²) in [7, 11) is 2.18. The van der Waals surface area contributed by atoms with Gasteiger partial charge in [0.25, 0.3) is 0 Å². The average Bonchev–Trinajstić information content (AvgIpc) is 2.74. The van der Waals surface area contributed by atoms with E-state index in [9.17, 15) is 0 Å². The van der Waals surface area contributed by atoms with Gasteiger partial charge in [-0.2, -0.15) is 5.10 Å². The molecule has 88 valence electrons. The summed E-state index contributed by atoms with van der Waals surface area (Å²) in [6.07, 6.45) is 8.17. The minimum Gasteiger partial charge on any atom is -0.309 e. The van der Waals surface area contributed by atoms with E-state index in [1.54, 1.807) is 10.9 Å². The fourth-order valence-corrected chi connectivity index (χ4v) is 2.16. The Morgan fingerprint density at radius 1 is 1.69 bits per heavy atom. The number of aromatic nitrogens is 2. The van der Waals surface area contributed by atoms with Crippen molar-refractivity contribution in [2.45, 2.75) is 25.4 Å². The van der Waals surface area contributed by atoms with Gasteiger partial charge in [-0.15, -0.1) is 0 Å². The maximum Gasteiger partial charge on any atom is 0.0538 e. The Hall–Kier alpha value is -1.13. The van der Waals surface area contributed by atoms with E-state index in [1.807, 2.05) is 12.4 Å². The van der Waals surface area contributed by atoms with Gasteiger partial charge in [0.1, 0.15) is 0 Å². The second-order valence-corrected chi connectivity index (χ2v) is 4.49. The normalized spacial score (nSPS) is 22.2. The first-order chi connectivity index (χ1) is 7.78. The van der Waals surface area contributed by atoms with E-state index in [0.29, 0.717) is 6.04 Å². The summed E-state index contributed by atoms with van der Waals surface area (Å²) in [5.41, 5.74) is 1.22. The molecular formula is C12H20N4. The summed E-state index contributed by atoms with van der Waals surface area (Å²) in [6, 6.07) is 0.617. The van der Waals surface area contributed by atoms with Gasteiger partial charge in [-0.25, -0.2) is 4.68 Å². The van der Waals surface area contributed by atoms with E-state index >= 15 is 0 Å². The van der Waals surface area contributed by atoms with Crippen molar-refractivity contribution in [1.82, 2.24) is 20.0 Å². The summed E-state index contributed by atoms with van der Waals surface area (Å²) in [4.78, 5) is 2.38. The molecule has 2 rings (SSSR count). The lowest BCUT2D eigenvalue weighted by atomic mass is 10.1. The van der Waals surface area contributed by atoms with E-state index in [2.05, 4.69) is 28.9 Å². The van der Waals surface area contributed by atoms with Gasteiger partial charge in [0.05, 0.1) is 6.20 Å². The van der Waals surface area contributed by atoms with Crippen LogP contribution in [0.4, 0.5) is 0 Å². The highest BCUT2D eigenvalue weighted by molar-refractivity contribution is 5.17. The third-order valence-electron chi connectivity index (χ3n) is 3.06. The number of nitrogens with one attached hydrogen (secondary N) is 1. The van der Waals surface area contributed by atoms with Crippen molar-refractivity contribution in [2.75, 3.05) is 20.1 Å². The molecule has 1 saturated heterocycles. The molecule has 0 bridgehead atoms. The first-order valence-corrected chi connectivity index (χ1v) is 5.85. The van der Waals surface area contributed by atoms with Gasteiger partial charge in [0.2, 0.25) is 0 Å². The Kier molecular flexibility index (Phi) is 3.74. The van der Waals surface area contributed by atoms with Crippen molar-refractivity contribution in [1.29, 1.82) is 0 Å². The Morgan fingerprint density at radius 2 is 2.56 bits per heavy atom. The van der Waals surface area contributed by atoms with Gasteiger partial charge in [0.15, 0.2) is 0 Å². The lowest BCUT2D eigenvalue weighted by Crippen LogP contribution is -2.43. The molecule has 0 spiro atoms. The standard InChI is InChI=1S/C12H20N4/c1-3-16-9-11(8-14-16)7-13-12-5-4-6-15(2)10-12/h3,8-9,12-13H,1,4-7,10H2,2H3. The molecule has 4 heteroatoms. The Bertz CT molecular complexity index is 345. The fraction of sp³-hybridized carbons (Fsp3) is 0.583. The Balaban J connectivity index is 1.80. The van der Waals surface area contributed by atoms with Crippen LogP contribution in [0, 0.1) is 0 Å². The van der Waals surface area contributed by atoms with Crippen molar-refractivity contribution in [3.05, 3.63) is 24.5 Å². The lowest BCUT2D eigenvalue weighted by molar-refractivity contribution is 0.226. The number of likely N-dealkylation sites (N-methyl/N-ethyl adjacent to an activating group) is 1. The SMILES string of the molecule is C=Cn1cc(CNC2CCCN(C)C2)cn1. The number of likely N-dealkylation sites (tertiary alicyclic amines) is 1. The first-order valence-electron chi connectivity index (χ1n) is 5.85. The molecule has 2 heterocycles. The number of hydrogen-bond donors (Lipinski definition) is 1. The highest BCUT2D eigenvalue weighted by Crippen LogP contribution is 2.08. The molecule has 4 nitrogen and oxygen atoms in total. The smallest absolute Gasteiger partial charge is 0.0538 e. The van der Waals surface area contributed by atoms with Gasteiger partial charge in [-0.1, -0.05) is 6.58 Å². The zero-order valence-electron chi connectivity index (χ0n) is 9.89. The summed E-state index contributed by atoms with van der Waals surface area (Å²) in [6.45, 7) is 6.95. The molecule has 1 aromatic rings. The molecular weight excluding hydrogens is 200 g/mol. The molecule has 1 fully saturated rings. The number of rotatable bonds is 4. The molecule has 1 aliphatic heterocycles. The van der Waals surface area contributed by atoms with Gasteiger partial charge in [0, 0.05) is 37.1 Å². The highest BCUT2D eigenvalue weighted by Gasteiger charge is 2.16. The quantitative estimate of drug-likeness (QED) is 0.827. The van der Waals surface area contributed by atoms with Crippen molar-refractivity contribution < 1.29 is 0 Å². The van der Waals surface area contributed by atoms with Gasteiger partial charge in [-0.05, 0) is 26.4 Å². The van der Waals surface area contributed by atoms with Crippen molar-refractivity contribution >= 4 is 6.20 Å². The van der Waals surface area contributed by atoms with Gasteiger partial charge >= 0.3 is 0 Å². The van der Waals surface area contributed by atoms with Crippen molar-refractivity contribution in [2.24, 2.45) is 0 Å². The number of nitrogens with zero attached hydrogens (tertiary/aromatic N) is 3. The second kappa shape index (κ2) is 5.27. The third-order valence-corrected chi connectivity index (χ3v) is 3.06. The van der Waals surface area contributed by atoms with Crippen LogP contribution in [0.5, 0.6) is 0 Å². The predicted molar refractivity (Wildman–Crippen MR) is 66.0 cm³/mol. The molecule has 0 radical (unpaired) electrons. The first kappa shape index (κ1) is 11.4. The van der Waals surface area contributed by atoms with E-state index in [0.717, 1.165) is 13.1 Å². The fourth-order valence-electron chi connectivity index (χ4n) is 2.16. The third kappa shape index (κ3) is 2.93. The number of hydrogen-bond acceptors (Lipinski definition) is 3. The summed E-state index contributed by atoms with van der Waals surface area (Å²) in [5, 5.41) is 7.74. The molecule has 0 aromatic carbocycles. The second-order valence-electron chi connectivity index (χ2n) is 4.49. The average molecular weight is 220 g/mol. The molecule has 0 aliphatic carbocycles. The number of piperidine rings is 1. The van der Waals surface area contributed by atoms with Crippen LogP contribution in [-0.4, -0.2) is 40.9 Å². The summed E-state index contributed by atoms with van der Waals surface area (Å²) >= 11 is 0. The molecule has 16 heavy (non-hydrogen) atoms. The topological polar surface area (TPSA) is 33.1 Å². The highest BCUT2D eigenvalue weighted by atomic mass is 15.2. The van der Waals surface area contributed by atoms with Crippen LogP contribution in [0.25, 0.3) is 6.20 Å². The predicted octanol–water partition coefficient (Wildman–Crippen LogP) is 1.17. The van der Waals surface area contributed by atoms with Crippen LogP contribution in [0.15, 0.2) is 19.0 Å². The van der Waals surface area contributed by atoms with E-state index in [4.69, 9.17) is 0 Å². The van der Waals surface area contributed by atoms with Crippen LogP contribution < -0.4 is 5.32 Å². The van der Waals surface area contributed by atoms with Gasteiger partial charge in [-0.3, -0.25) is 0 Å². The van der Waals surface area contributed by atoms with Crippen LogP contribution in [0.2, 0.25) is 0 Å². The maximum absolute atomic E-state index is 4.16. The van der Waals surface area contributed by atoms with Crippen molar-refractivity contribution in [3.8, 4) is 0 Å². The molecule has 1 N–H and O–H groups in total. The van der Waals surface area contributed by atoms with E-state index in [-0.39, 0.29) is 0 Å². The Labute approximate surface area is 96.9 Å². The molecule has 0 saturated carbocycles. The maximum atomic E-state index is 4.16. The van der Waals surface area contributed by atoms with E-state index < -0.39 is 0 Å². The van der Waals surface area contributed by atoms with Crippen LogP contribution in [0.1, 0.15) is 18.4 Å². The van der Waals surface area contributed by atoms with Crippen molar-refractivity contribution in [3.63, 3.8) is 0 Å². The largest absolute Gasteiger partial charge is 0.309 e. The van der Waals surface area contributed by atoms with Crippen LogP contribution in [0.3, 0.4) is 0 Å². The monoisotopic (exact) mass is 220 g/mol. The minimum absolute atomic E-state index is 0.617. The summed E-state index contributed by atoms with van der Waals surface area (Å²) < 4.78 is 1.74. The van der Waals surface area contributed by atoms with E-state index in [1.165, 1.54) is 24.9 Å². The van der Waals surface area contributed by atoms with Crippen LogP contribution in [-0.2, 0) is 6.54 Å². The molecule has 1 atom stereocenters. The zero-order valence-corrected chi connectivity index (χ0v) is 9.89. The molecule has 1 aromatic heterocycles. The molecule has 1 unspecified atom stereocenters. The Morgan fingerprint density at radius 3 is 3.25 bits per heavy atom. The summed E-state index contributed by atoms with van der Waals surface area (Å²) in [5.74, 6) is 0. The minimum atomic E-state index is 0.617. The zero-order chi connectivity index (χ0) is 11.4. The molecule has 0 amide bonds. The lowest BCUT2D eigenvalue weighted by Gasteiger charge is -2.30.